The van der Waals surface area contributed by atoms with E-state index < -0.39 is 0 Å². The molecule has 112 valence electrons. The zero-order valence-electron chi connectivity index (χ0n) is 12.7. The van der Waals surface area contributed by atoms with Crippen LogP contribution in [0.1, 0.15) is 25.5 Å². The smallest absolute Gasteiger partial charge is 0.0702 e. The third-order valence-corrected chi connectivity index (χ3v) is 4.32. The van der Waals surface area contributed by atoms with Gasteiger partial charge in [-0.15, -0.1) is 0 Å². The van der Waals surface area contributed by atoms with Crippen LogP contribution in [0.3, 0.4) is 0 Å². The highest BCUT2D eigenvalue weighted by Crippen LogP contribution is 2.31. The highest BCUT2D eigenvalue weighted by atomic mass is 16.5. The normalized spacial score (nSPS) is 20.5. The van der Waals surface area contributed by atoms with Crippen LogP contribution in [0, 0.1) is 0 Å². The number of pyridine rings is 1. The summed E-state index contributed by atoms with van der Waals surface area (Å²) in [6, 6.07) is 10.7. The van der Waals surface area contributed by atoms with Gasteiger partial charge in [-0.1, -0.05) is 12.1 Å². The van der Waals surface area contributed by atoms with Crippen LogP contribution < -0.4 is 5.73 Å². The van der Waals surface area contributed by atoms with Gasteiger partial charge in [0.25, 0.3) is 0 Å². The number of hydrogen-bond acceptors (Lipinski definition) is 4. The van der Waals surface area contributed by atoms with E-state index in [1.807, 2.05) is 12.3 Å². The number of nitrogens with zero attached hydrogens (tertiary/aromatic N) is 2. The van der Waals surface area contributed by atoms with Crippen molar-refractivity contribution in [3.05, 3.63) is 42.1 Å². The molecule has 2 aromatic rings. The standard InChI is InChI=1S/C17H23N3O/c1-17(2)12-21-9-8-20(17)16(11-18)14-5-6-15-13(10-14)4-3-7-19-15/h3-7,10,16H,8-9,11-12,18H2,1-2H3. The Balaban J connectivity index is 1.97. The fraction of sp³-hybridized carbons (Fsp3) is 0.471. The van der Waals surface area contributed by atoms with Crippen LogP contribution in [0.25, 0.3) is 10.9 Å². The maximum Gasteiger partial charge on any atom is 0.0702 e. The molecule has 0 aliphatic carbocycles. The molecular weight excluding hydrogens is 262 g/mol. The second-order valence-electron chi connectivity index (χ2n) is 6.27. The summed E-state index contributed by atoms with van der Waals surface area (Å²) in [6.45, 7) is 7.48. The van der Waals surface area contributed by atoms with E-state index in [0.29, 0.717) is 6.54 Å². The average Bonchev–Trinajstić information content (AvgIpc) is 2.49. The number of morpholine rings is 1. The molecule has 1 fully saturated rings. The zero-order valence-corrected chi connectivity index (χ0v) is 12.7. The summed E-state index contributed by atoms with van der Waals surface area (Å²) < 4.78 is 5.62. The molecule has 1 aliphatic heterocycles. The molecule has 4 heteroatoms. The van der Waals surface area contributed by atoms with Gasteiger partial charge in [0.15, 0.2) is 0 Å². The van der Waals surface area contributed by atoms with E-state index in [4.69, 9.17) is 10.5 Å². The minimum atomic E-state index is 0.00613. The molecule has 1 saturated heterocycles. The largest absolute Gasteiger partial charge is 0.378 e. The van der Waals surface area contributed by atoms with Gasteiger partial charge in [-0.2, -0.15) is 0 Å². The van der Waals surface area contributed by atoms with Crippen molar-refractivity contribution in [3.63, 3.8) is 0 Å². The van der Waals surface area contributed by atoms with E-state index in [1.54, 1.807) is 0 Å². The molecule has 0 bridgehead atoms. The van der Waals surface area contributed by atoms with Gasteiger partial charge in [0.2, 0.25) is 0 Å². The average molecular weight is 285 g/mol. The molecule has 3 rings (SSSR count). The summed E-state index contributed by atoms with van der Waals surface area (Å²) in [5.41, 5.74) is 8.39. The lowest BCUT2D eigenvalue weighted by Gasteiger charge is -2.46. The van der Waals surface area contributed by atoms with E-state index in [2.05, 4.69) is 48.0 Å². The van der Waals surface area contributed by atoms with Gasteiger partial charge >= 0.3 is 0 Å². The van der Waals surface area contributed by atoms with E-state index >= 15 is 0 Å². The number of rotatable bonds is 3. The van der Waals surface area contributed by atoms with Gasteiger partial charge in [-0.25, -0.2) is 0 Å². The van der Waals surface area contributed by atoms with Crippen molar-refractivity contribution in [2.45, 2.75) is 25.4 Å². The summed E-state index contributed by atoms with van der Waals surface area (Å²) in [7, 11) is 0. The molecule has 0 radical (unpaired) electrons. The Morgan fingerprint density at radius 2 is 2.24 bits per heavy atom. The summed E-state index contributed by atoms with van der Waals surface area (Å²) in [5, 5.41) is 1.17. The molecule has 1 aromatic heterocycles. The minimum absolute atomic E-state index is 0.00613. The summed E-state index contributed by atoms with van der Waals surface area (Å²) in [4.78, 5) is 6.85. The van der Waals surface area contributed by atoms with Crippen molar-refractivity contribution in [3.8, 4) is 0 Å². The molecule has 0 spiro atoms. The maximum absolute atomic E-state index is 6.10. The molecule has 1 aliphatic rings. The van der Waals surface area contributed by atoms with E-state index in [-0.39, 0.29) is 11.6 Å². The lowest BCUT2D eigenvalue weighted by atomic mass is 9.95. The number of ether oxygens (including phenoxy) is 1. The topological polar surface area (TPSA) is 51.4 Å². The van der Waals surface area contributed by atoms with Crippen molar-refractivity contribution in [1.29, 1.82) is 0 Å². The first-order chi connectivity index (χ1) is 10.1. The van der Waals surface area contributed by atoms with Crippen molar-refractivity contribution < 1.29 is 4.74 Å². The Morgan fingerprint density at radius 1 is 1.38 bits per heavy atom. The van der Waals surface area contributed by atoms with Gasteiger partial charge in [0.1, 0.15) is 0 Å². The lowest BCUT2D eigenvalue weighted by molar-refractivity contribution is -0.0712. The van der Waals surface area contributed by atoms with Crippen LogP contribution in [-0.2, 0) is 4.74 Å². The van der Waals surface area contributed by atoms with Gasteiger partial charge < -0.3 is 10.5 Å². The van der Waals surface area contributed by atoms with Crippen molar-refractivity contribution >= 4 is 10.9 Å². The van der Waals surface area contributed by atoms with E-state index in [0.717, 1.165) is 25.3 Å². The first-order valence-electron chi connectivity index (χ1n) is 7.51. The molecule has 1 atom stereocenters. The van der Waals surface area contributed by atoms with Gasteiger partial charge in [0, 0.05) is 36.3 Å². The maximum atomic E-state index is 6.10. The van der Waals surface area contributed by atoms with E-state index in [9.17, 15) is 0 Å². The first-order valence-corrected chi connectivity index (χ1v) is 7.51. The highest BCUT2D eigenvalue weighted by Gasteiger charge is 2.35. The number of aromatic nitrogens is 1. The number of hydrogen-bond donors (Lipinski definition) is 1. The predicted octanol–water partition coefficient (Wildman–Crippen LogP) is 2.35. The van der Waals surface area contributed by atoms with Crippen LogP contribution >= 0.6 is 0 Å². The van der Waals surface area contributed by atoms with Crippen molar-refractivity contribution in [1.82, 2.24) is 9.88 Å². The Bertz CT molecular complexity index is 626. The first kappa shape index (κ1) is 14.4. The van der Waals surface area contributed by atoms with Crippen LogP contribution in [0.2, 0.25) is 0 Å². The predicted molar refractivity (Wildman–Crippen MR) is 85.1 cm³/mol. The minimum Gasteiger partial charge on any atom is -0.378 e. The molecule has 4 nitrogen and oxygen atoms in total. The van der Waals surface area contributed by atoms with Crippen LogP contribution in [0.5, 0.6) is 0 Å². The van der Waals surface area contributed by atoms with Gasteiger partial charge in [0.05, 0.1) is 18.7 Å². The third-order valence-electron chi connectivity index (χ3n) is 4.32. The Kier molecular flexibility index (Phi) is 3.93. The molecular formula is C17H23N3O. The summed E-state index contributed by atoms with van der Waals surface area (Å²) in [6.07, 6.45) is 1.83. The zero-order chi connectivity index (χ0) is 14.9. The SMILES string of the molecule is CC1(C)COCCN1C(CN)c1ccc2ncccc2c1. The molecule has 0 saturated carbocycles. The summed E-state index contributed by atoms with van der Waals surface area (Å²) >= 11 is 0. The Hall–Kier alpha value is -1.49. The molecule has 1 aromatic carbocycles. The fourth-order valence-corrected chi connectivity index (χ4v) is 3.19. The van der Waals surface area contributed by atoms with Crippen molar-refractivity contribution in [2.75, 3.05) is 26.3 Å². The number of fused-ring (bicyclic) bond motifs is 1. The molecule has 2 N–H and O–H groups in total. The van der Waals surface area contributed by atoms with E-state index in [1.165, 1.54) is 10.9 Å². The molecule has 21 heavy (non-hydrogen) atoms. The number of benzene rings is 1. The second kappa shape index (κ2) is 5.72. The second-order valence-corrected chi connectivity index (χ2v) is 6.27. The quantitative estimate of drug-likeness (QED) is 0.940. The summed E-state index contributed by atoms with van der Waals surface area (Å²) in [5.74, 6) is 0. The van der Waals surface area contributed by atoms with Gasteiger partial charge in [-0.05, 0) is 37.6 Å². The highest BCUT2D eigenvalue weighted by molar-refractivity contribution is 5.79. The lowest BCUT2D eigenvalue weighted by Crippen LogP contribution is -2.55. The van der Waals surface area contributed by atoms with Crippen molar-refractivity contribution in [2.24, 2.45) is 5.73 Å². The number of nitrogens with two attached hydrogens (primary N) is 1. The van der Waals surface area contributed by atoms with Crippen LogP contribution in [-0.4, -0.2) is 41.7 Å². The molecule has 0 amide bonds. The Morgan fingerprint density at radius 3 is 3.00 bits per heavy atom. The van der Waals surface area contributed by atoms with Crippen LogP contribution in [0.15, 0.2) is 36.5 Å². The van der Waals surface area contributed by atoms with Crippen LogP contribution in [0.4, 0.5) is 0 Å². The molecule has 2 heterocycles. The fourth-order valence-electron chi connectivity index (χ4n) is 3.19. The monoisotopic (exact) mass is 285 g/mol. The molecule has 1 unspecified atom stereocenters. The Labute approximate surface area is 125 Å². The third kappa shape index (κ3) is 2.79. The van der Waals surface area contributed by atoms with Gasteiger partial charge in [-0.3, -0.25) is 9.88 Å².